The Balaban J connectivity index is 1.83. The molecule has 0 radical (unpaired) electrons. The number of hydrogen-bond acceptors (Lipinski definition) is 3. The normalized spacial score (nSPS) is 20.5. The summed E-state index contributed by atoms with van der Waals surface area (Å²) in [6.07, 6.45) is 3.99. The van der Waals surface area contributed by atoms with E-state index in [4.69, 9.17) is 0 Å². The molecule has 1 aromatic carbocycles. The Bertz CT molecular complexity index is 756. The molecule has 120 valence electrons. The van der Waals surface area contributed by atoms with Crippen molar-refractivity contribution in [3.63, 3.8) is 0 Å². The number of benzene rings is 1. The van der Waals surface area contributed by atoms with E-state index in [9.17, 15) is 18.7 Å². The van der Waals surface area contributed by atoms with Crippen molar-refractivity contribution in [3.05, 3.63) is 48.2 Å². The molecule has 4 nitrogen and oxygen atoms in total. The molecule has 1 unspecified atom stereocenters. The van der Waals surface area contributed by atoms with Crippen molar-refractivity contribution in [3.8, 4) is 0 Å². The van der Waals surface area contributed by atoms with E-state index in [0.717, 1.165) is 21.4 Å². The molecule has 2 aromatic rings. The van der Waals surface area contributed by atoms with Gasteiger partial charge in [0, 0.05) is 29.6 Å². The van der Waals surface area contributed by atoms with Gasteiger partial charge in [0.25, 0.3) is 5.92 Å². The number of aliphatic hydroxyl groups is 1. The van der Waals surface area contributed by atoms with Crippen LogP contribution in [0, 0.1) is 0 Å². The van der Waals surface area contributed by atoms with E-state index in [1.165, 1.54) is 6.08 Å². The second-order valence-electron chi connectivity index (χ2n) is 5.62. The summed E-state index contributed by atoms with van der Waals surface area (Å²) in [5, 5.41) is 10.1. The first-order valence-corrected chi connectivity index (χ1v) is 7.31. The van der Waals surface area contributed by atoms with Gasteiger partial charge in [0.15, 0.2) is 0 Å². The van der Waals surface area contributed by atoms with Crippen molar-refractivity contribution >= 4 is 22.9 Å². The molecule has 1 aromatic heterocycles. The van der Waals surface area contributed by atoms with Gasteiger partial charge in [-0.3, -0.25) is 9.78 Å². The molecular formula is C17H16F2N2O2. The number of likely N-dealkylation sites (tertiary alicyclic amines) is 1. The number of carbonyl (C=O) groups excluding carboxylic acids is 1. The van der Waals surface area contributed by atoms with Gasteiger partial charge in [0.1, 0.15) is 0 Å². The van der Waals surface area contributed by atoms with E-state index in [-0.39, 0.29) is 0 Å². The minimum atomic E-state index is -2.95. The first kappa shape index (κ1) is 15.6. The molecular weight excluding hydrogens is 302 g/mol. The molecule has 6 heteroatoms. The lowest BCUT2D eigenvalue weighted by Crippen LogP contribution is -2.37. The van der Waals surface area contributed by atoms with E-state index in [0.29, 0.717) is 0 Å². The van der Waals surface area contributed by atoms with Crippen LogP contribution in [0.25, 0.3) is 17.0 Å². The summed E-state index contributed by atoms with van der Waals surface area (Å²) in [6.45, 7) is -1.12. The van der Waals surface area contributed by atoms with Crippen molar-refractivity contribution in [1.82, 2.24) is 9.88 Å². The quantitative estimate of drug-likeness (QED) is 0.885. The Hall–Kier alpha value is -2.34. The number of para-hydroxylation sites is 1. The summed E-state index contributed by atoms with van der Waals surface area (Å²) in [5.74, 6) is -3.48. The average Bonchev–Trinajstić information content (AvgIpc) is 2.87. The topological polar surface area (TPSA) is 53.4 Å². The fourth-order valence-corrected chi connectivity index (χ4v) is 2.84. The number of nitrogens with zero attached hydrogens (tertiary/aromatic N) is 2. The number of carbonyl (C=O) groups is 1. The average molecular weight is 318 g/mol. The number of aliphatic hydroxyl groups excluding tert-OH is 1. The first-order valence-electron chi connectivity index (χ1n) is 7.31. The van der Waals surface area contributed by atoms with Crippen molar-refractivity contribution in [2.45, 2.75) is 18.4 Å². The lowest BCUT2D eigenvalue weighted by Gasteiger charge is -2.20. The van der Waals surface area contributed by atoms with E-state index >= 15 is 0 Å². The molecule has 0 saturated carbocycles. The number of aromatic nitrogens is 1. The molecule has 1 N–H and O–H groups in total. The minimum Gasteiger partial charge on any atom is -0.394 e. The van der Waals surface area contributed by atoms with Gasteiger partial charge in [-0.1, -0.05) is 24.3 Å². The van der Waals surface area contributed by atoms with Crippen LogP contribution in [0.1, 0.15) is 12.0 Å². The van der Waals surface area contributed by atoms with Gasteiger partial charge in [-0.2, -0.15) is 0 Å². The number of fused-ring (bicyclic) bond motifs is 1. The molecule has 1 aliphatic heterocycles. The molecule has 1 aliphatic rings. The van der Waals surface area contributed by atoms with Gasteiger partial charge >= 0.3 is 0 Å². The highest BCUT2D eigenvalue weighted by Gasteiger charge is 2.46. The number of hydrogen-bond donors (Lipinski definition) is 1. The van der Waals surface area contributed by atoms with Crippen LogP contribution in [0.5, 0.6) is 0 Å². The van der Waals surface area contributed by atoms with Crippen molar-refractivity contribution in [2.75, 3.05) is 13.2 Å². The van der Waals surface area contributed by atoms with Gasteiger partial charge in [-0.25, -0.2) is 8.78 Å². The largest absolute Gasteiger partial charge is 0.394 e. The maximum Gasteiger partial charge on any atom is 0.267 e. The minimum absolute atomic E-state index is 0.467. The van der Waals surface area contributed by atoms with Gasteiger partial charge in [0.05, 0.1) is 24.7 Å². The molecule has 2 heterocycles. The Morgan fingerprint density at radius 2 is 2.17 bits per heavy atom. The number of amides is 1. The third-order valence-electron chi connectivity index (χ3n) is 3.94. The molecule has 0 spiro atoms. The summed E-state index contributed by atoms with van der Waals surface area (Å²) in [6, 6.07) is 8.44. The van der Waals surface area contributed by atoms with Crippen LogP contribution >= 0.6 is 0 Å². The summed E-state index contributed by atoms with van der Waals surface area (Å²) in [4.78, 5) is 17.5. The zero-order chi connectivity index (χ0) is 16.4. The maximum absolute atomic E-state index is 13.4. The standard InChI is InChI=1S/C17H16F2N2O2/c18-17(19)9-14(10-22)21(11-17)15(23)7-6-13-4-1-3-12-5-2-8-20-16(12)13/h1-8,14,22H,9-11H2/b7-6+. The summed E-state index contributed by atoms with van der Waals surface area (Å²) >= 11 is 0. The number of alkyl halides is 2. The SMILES string of the molecule is O=C(/C=C/c1cccc2cccnc12)N1CC(F)(F)CC1CO. The number of halogens is 2. The van der Waals surface area contributed by atoms with Crippen LogP contribution in [0.4, 0.5) is 8.78 Å². The Morgan fingerprint density at radius 3 is 2.96 bits per heavy atom. The molecule has 1 amide bonds. The van der Waals surface area contributed by atoms with Crippen LogP contribution in [0.2, 0.25) is 0 Å². The highest BCUT2D eigenvalue weighted by atomic mass is 19.3. The Labute approximate surface area is 132 Å². The molecule has 23 heavy (non-hydrogen) atoms. The van der Waals surface area contributed by atoms with Gasteiger partial charge in [0.2, 0.25) is 5.91 Å². The van der Waals surface area contributed by atoms with E-state index < -0.39 is 37.4 Å². The van der Waals surface area contributed by atoms with E-state index in [1.54, 1.807) is 18.3 Å². The van der Waals surface area contributed by atoms with Crippen LogP contribution < -0.4 is 0 Å². The Morgan fingerprint density at radius 1 is 1.39 bits per heavy atom. The third-order valence-corrected chi connectivity index (χ3v) is 3.94. The second-order valence-corrected chi connectivity index (χ2v) is 5.62. The molecule has 0 aliphatic carbocycles. The Kier molecular flexibility index (Phi) is 4.09. The predicted octanol–water partition coefficient (Wildman–Crippen LogP) is 2.48. The summed E-state index contributed by atoms with van der Waals surface area (Å²) < 4.78 is 26.8. The van der Waals surface area contributed by atoms with Crippen LogP contribution in [-0.2, 0) is 4.79 Å². The second kappa shape index (κ2) is 6.04. The lowest BCUT2D eigenvalue weighted by atomic mass is 10.1. The zero-order valence-corrected chi connectivity index (χ0v) is 12.3. The van der Waals surface area contributed by atoms with Crippen molar-refractivity contribution < 1.29 is 18.7 Å². The van der Waals surface area contributed by atoms with Crippen LogP contribution in [0.3, 0.4) is 0 Å². The molecule has 3 rings (SSSR count). The molecule has 1 atom stereocenters. The first-order chi connectivity index (χ1) is 11.0. The number of rotatable bonds is 3. The van der Waals surface area contributed by atoms with Crippen LogP contribution in [0.15, 0.2) is 42.6 Å². The van der Waals surface area contributed by atoms with Gasteiger partial charge < -0.3 is 10.0 Å². The summed E-state index contributed by atoms with van der Waals surface area (Å²) in [5.41, 5.74) is 1.48. The smallest absolute Gasteiger partial charge is 0.267 e. The highest BCUT2D eigenvalue weighted by molar-refractivity contribution is 5.95. The van der Waals surface area contributed by atoms with Crippen molar-refractivity contribution in [1.29, 1.82) is 0 Å². The van der Waals surface area contributed by atoms with Crippen LogP contribution in [-0.4, -0.2) is 46.0 Å². The van der Waals surface area contributed by atoms with Crippen molar-refractivity contribution in [2.24, 2.45) is 0 Å². The fourth-order valence-electron chi connectivity index (χ4n) is 2.84. The number of pyridine rings is 1. The van der Waals surface area contributed by atoms with E-state index in [2.05, 4.69) is 4.98 Å². The monoisotopic (exact) mass is 318 g/mol. The van der Waals surface area contributed by atoms with E-state index in [1.807, 2.05) is 24.3 Å². The molecule has 1 saturated heterocycles. The fraction of sp³-hybridized carbons (Fsp3) is 0.294. The zero-order valence-electron chi connectivity index (χ0n) is 12.3. The highest BCUT2D eigenvalue weighted by Crippen LogP contribution is 2.32. The van der Waals surface area contributed by atoms with Gasteiger partial charge in [-0.05, 0) is 12.1 Å². The maximum atomic E-state index is 13.4. The molecule has 0 bridgehead atoms. The molecule has 1 fully saturated rings. The lowest BCUT2D eigenvalue weighted by molar-refractivity contribution is -0.128. The summed E-state index contributed by atoms with van der Waals surface area (Å²) in [7, 11) is 0. The predicted molar refractivity (Wildman–Crippen MR) is 82.9 cm³/mol. The third kappa shape index (κ3) is 3.22. The van der Waals surface area contributed by atoms with Gasteiger partial charge in [-0.15, -0.1) is 0 Å².